The van der Waals surface area contributed by atoms with E-state index in [0.29, 0.717) is 13.0 Å². The van der Waals surface area contributed by atoms with Gasteiger partial charge in [0.15, 0.2) is 0 Å². The Morgan fingerprint density at radius 2 is 1.93 bits per heavy atom. The molecule has 6 heteroatoms. The minimum atomic E-state index is 0.0437. The van der Waals surface area contributed by atoms with Gasteiger partial charge >= 0.3 is 0 Å². The second-order valence-corrected chi connectivity index (χ2v) is 8.04. The van der Waals surface area contributed by atoms with Gasteiger partial charge in [-0.25, -0.2) is 0 Å². The lowest BCUT2D eigenvalue weighted by atomic mass is 9.77. The number of methoxy groups -OCH3 is 1. The molecule has 1 aromatic carbocycles. The van der Waals surface area contributed by atoms with E-state index in [1.54, 1.807) is 7.11 Å². The molecule has 2 fully saturated rings. The van der Waals surface area contributed by atoms with E-state index in [1.165, 1.54) is 0 Å². The van der Waals surface area contributed by atoms with Crippen LogP contribution in [-0.2, 0) is 9.53 Å². The molecule has 27 heavy (non-hydrogen) atoms. The summed E-state index contributed by atoms with van der Waals surface area (Å²) in [6.45, 7) is 3.73. The molecule has 2 heterocycles. The molecule has 6 nitrogen and oxygen atoms in total. The fourth-order valence-electron chi connectivity index (χ4n) is 4.32. The summed E-state index contributed by atoms with van der Waals surface area (Å²) in [5, 5.41) is 0. The molecular formula is C21H31N3O3. The van der Waals surface area contributed by atoms with Gasteiger partial charge in [-0.15, -0.1) is 0 Å². The zero-order valence-corrected chi connectivity index (χ0v) is 16.7. The van der Waals surface area contributed by atoms with E-state index in [0.717, 1.165) is 56.7 Å². The van der Waals surface area contributed by atoms with Gasteiger partial charge in [0.2, 0.25) is 5.91 Å². The molecule has 2 aliphatic rings. The third-order valence-corrected chi connectivity index (χ3v) is 5.91. The van der Waals surface area contributed by atoms with E-state index in [4.69, 9.17) is 4.74 Å². The summed E-state index contributed by atoms with van der Waals surface area (Å²) in [6, 6.07) is 7.75. The summed E-state index contributed by atoms with van der Waals surface area (Å²) < 4.78 is 5.10. The van der Waals surface area contributed by atoms with Gasteiger partial charge < -0.3 is 19.4 Å². The number of ether oxygens (including phenoxy) is 1. The van der Waals surface area contributed by atoms with Crippen LogP contribution < -0.4 is 4.90 Å². The molecule has 1 aromatic rings. The zero-order valence-electron chi connectivity index (χ0n) is 16.7. The van der Waals surface area contributed by atoms with Crippen molar-refractivity contribution in [1.29, 1.82) is 0 Å². The van der Waals surface area contributed by atoms with Crippen LogP contribution in [0.3, 0.4) is 0 Å². The van der Waals surface area contributed by atoms with Gasteiger partial charge in [-0.1, -0.05) is 12.1 Å². The highest BCUT2D eigenvalue weighted by Crippen LogP contribution is 2.41. The summed E-state index contributed by atoms with van der Waals surface area (Å²) in [6.07, 6.45) is 3.30. The van der Waals surface area contributed by atoms with Crippen LogP contribution >= 0.6 is 0 Å². The lowest BCUT2D eigenvalue weighted by Crippen LogP contribution is -2.44. The van der Waals surface area contributed by atoms with E-state index < -0.39 is 0 Å². The Morgan fingerprint density at radius 1 is 1.22 bits per heavy atom. The maximum Gasteiger partial charge on any atom is 0.255 e. The molecule has 1 spiro atoms. The predicted molar refractivity (Wildman–Crippen MR) is 106 cm³/mol. The molecule has 0 aliphatic carbocycles. The molecule has 2 amide bonds. The Kier molecular flexibility index (Phi) is 6.05. The van der Waals surface area contributed by atoms with Gasteiger partial charge in [-0.05, 0) is 31.4 Å². The van der Waals surface area contributed by atoms with Crippen molar-refractivity contribution < 1.29 is 14.3 Å². The summed E-state index contributed by atoms with van der Waals surface area (Å²) in [7, 11) is 5.60. The number of anilines is 1. The fourth-order valence-corrected chi connectivity index (χ4v) is 4.32. The Balaban J connectivity index is 1.61. The number of hydrogen-bond acceptors (Lipinski definition) is 4. The molecule has 0 bridgehead atoms. The Morgan fingerprint density at radius 3 is 2.59 bits per heavy atom. The molecule has 0 atom stereocenters. The quantitative estimate of drug-likeness (QED) is 0.718. The first-order chi connectivity index (χ1) is 13.0. The van der Waals surface area contributed by atoms with Crippen LogP contribution in [0.5, 0.6) is 0 Å². The SMILES string of the molecule is COCCCN1CC2(CCN(C(=O)c3ccccc3N(C)C)CC2)CC1=O. The number of hydrogen-bond donors (Lipinski definition) is 0. The molecule has 0 aromatic heterocycles. The van der Waals surface area contributed by atoms with E-state index in [9.17, 15) is 9.59 Å². The number of benzene rings is 1. The molecule has 0 radical (unpaired) electrons. The first-order valence-corrected chi connectivity index (χ1v) is 9.78. The van der Waals surface area contributed by atoms with E-state index >= 15 is 0 Å². The van der Waals surface area contributed by atoms with E-state index in [2.05, 4.69) is 0 Å². The number of nitrogens with zero attached hydrogens (tertiary/aromatic N) is 3. The topological polar surface area (TPSA) is 53.1 Å². The maximum atomic E-state index is 13.0. The predicted octanol–water partition coefficient (Wildman–Crippen LogP) is 2.24. The van der Waals surface area contributed by atoms with Crippen LogP contribution in [-0.4, -0.2) is 75.6 Å². The van der Waals surface area contributed by atoms with Crippen molar-refractivity contribution in [1.82, 2.24) is 9.80 Å². The number of piperidine rings is 1. The van der Waals surface area contributed by atoms with Crippen LogP contribution in [0, 0.1) is 5.41 Å². The number of amides is 2. The van der Waals surface area contributed by atoms with Crippen LogP contribution in [0.2, 0.25) is 0 Å². The van der Waals surface area contributed by atoms with Gasteiger partial charge in [-0.2, -0.15) is 0 Å². The van der Waals surface area contributed by atoms with Crippen molar-refractivity contribution >= 4 is 17.5 Å². The van der Waals surface area contributed by atoms with Gasteiger partial charge in [0.05, 0.1) is 5.56 Å². The minimum absolute atomic E-state index is 0.0437. The molecule has 148 valence electrons. The van der Waals surface area contributed by atoms with Gasteiger partial charge in [0.1, 0.15) is 0 Å². The zero-order chi connectivity index (χ0) is 19.4. The van der Waals surface area contributed by atoms with Gasteiger partial charge in [-0.3, -0.25) is 9.59 Å². The lowest BCUT2D eigenvalue weighted by Gasteiger charge is -2.39. The summed E-state index contributed by atoms with van der Waals surface area (Å²) in [5.41, 5.74) is 1.74. The van der Waals surface area contributed by atoms with Crippen LogP contribution in [0.25, 0.3) is 0 Å². The number of para-hydroxylation sites is 1. The minimum Gasteiger partial charge on any atom is -0.385 e. The fraction of sp³-hybridized carbons (Fsp3) is 0.619. The third-order valence-electron chi connectivity index (χ3n) is 5.91. The van der Waals surface area contributed by atoms with Crippen molar-refractivity contribution in [3.05, 3.63) is 29.8 Å². The molecule has 2 saturated heterocycles. The Hall–Kier alpha value is -2.08. The maximum absolute atomic E-state index is 13.0. The average molecular weight is 373 g/mol. The van der Waals surface area contributed by atoms with Crippen LogP contribution in [0.15, 0.2) is 24.3 Å². The van der Waals surface area contributed by atoms with E-state index in [1.807, 2.05) is 53.1 Å². The molecule has 3 rings (SSSR count). The van der Waals surface area contributed by atoms with Crippen molar-refractivity contribution in [3.63, 3.8) is 0 Å². The first-order valence-electron chi connectivity index (χ1n) is 9.78. The standard InChI is InChI=1S/C21H31N3O3/c1-22(2)18-8-5-4-7-17(18)20(26)23-12-9-21(10-13-23)15-19(25)24(16-21)11-6-14-27-3/h4-5,7-8H,6,9-16H2,1-3H3. The van der Waals surface area contributed by atoms with Gasteiger partial charge in [0, 0.05) is 71.5 Å². The number of carbonyl (C=O) groups is 2. The lowest BCUT2D eigenvalue weighted by molar-refractivity contribution is -0.128. The van der Waals surface area contributed by atoms with E-state index in [-0.39, 0.29) is 17.2 Å². The van der Waals surface area contributed by atoms with Crippen molar-refractivity contribution in [2.75, 3.05) is 58.9 Å². The van der Waals surface area contributed by atoms with Gasteiger partial charge in [0.25, 0.3) is 5.91 Å². The highest BCUT2D eigenvalue weighted by atomic mass is 16.5. The Labute approximate surface area is 162 Å². The first kappa shape index (κ1) is 19.7. The summed E-state index contributed by atoms with van der Waals surface area (Å²) in [5.74, 6) is 0.347. The molecule has 0 saturated carbocycles. The largest absolute Gasteiger partial charge is 0.385 e. The number of likely N-dealkylation sites (tertiary alicyclic amines) is 2. The second kappa shape index (κ2) is 8.30. The number of carbonyl (C=O) groups excluding carboxylic acids is 2. The van der Waals surface area contributed by atoms with Crippen molar-refractivity contribution in [2.24, 2.45) is 5.41 Å². The summed E-state index contributed by atoms with van der Waals surface area (Å²) in [4.78, 5) is 31.3. The molecule has 0 N–H and O–H groups in total. The monoisotopic (exact) mass is 373 g/mol. The highest BCUT2D eigenvalue weighted by molar-refractivity contribution is 5.99. The number of rotatable bonds is 6. The average Bonchev–Trinajstić information content (AvgIpc) is 2.97. The smallest absolute Gasteiger partial charge is 0.255 e. The third kappa shape index (κ3) is 4.26. The van der Waals surface area contributed by atoms with Crippen molar-refractivity contribution in [3.8, 4) is 0 Å². The molecular weight excluding hydrogens is 342 g/mol. The highest BCUT2D eigenvalue weighted by Gasteiger charge is 2.45. The van der Waals surface area contributed by atoms with Crippen molar-refractivity contribution in [2.45, 2.75) is 25.7 Å². The van der Waals surface area contributed by atoms with Crippen LogP contribution in [0.4, 0.5) is 5.69 Å². The molecule has 0 unspecified atom stereocenters. The molecule has 2 aliphatic heterocycles. The normalized spacial score (nSPS) is 19.0. The summed E-state index contributed by atoms with van der Waals surface area (Å²) >= 11 is 0. The van der Waals surface area contributed by atoms with Crippen LogP contribution in [0.1, 0.15) is 36.0 Å². The second-order valence-electron chi connectivity index (χ2n) is 8.04. The Bertz CT molecular complexity index is 681.